The van der Waals surface area contributed by atoms with Crippen LogP contribution in [0, 0.1) is 0 Å². The Labute approximate surface area is 108 Å². The van der Waals surface area contributed by atoms with Crippen molar-refractivity contribution in [1.82, 2.24) is 0 Å². The van der Waals surface area contributed by atoms with Crippen LogP contribution in [0.25, 0.3) is 0 Å². The van der Waals surface area contributed by atoms with Crippen LogP contribution in [-0.4, -0.2) is 39.7 Å². The van der Waals surface area contributed by atoms with Crippen LogP contribution in [0.15, 0.2) is 18.2 Å². The van der Waals surface area contributed by atoms with E-state index in [4.69, 9.17) is 9.47 Å². The fourth-order valence-electron chi connectivity index (χ4n) is 1.93. The molecule has 0 amide bonds. The third-order valence-electron chi connectivity index (χ3n) is 3.03. The van der Waals surface area contributed by atoms with E-state index in [2.05, 4.69) is 0 Å². The van der Waals surface area contributed by atoms with Crippen LogP contribution in [0.4, 0.5) is 5.69 Å². The fourth-order valence-corrected chi connectivity index (χ4v) is 1.93. The van der Waals surface area contributed by atoms with Crippen LogP contribution in [0.2, 0.25) is 0 Å². The second-order valence-electron chi connectivity index (χ2n) is 4.33. The number of hydrogen-bond acceptors (Lipinski definition) is 4. The van der Waals surface area contributed by atoms with Gasteiger partial charge in [-0.2, -0.15) is 0 Å². The molecule has 1 atom stereocenters. The number of anilines is 1. The molecule has 1 aromatic carbocycles. The Morgan fingerprint density at radius 3 is 2.56 bits per heavy atom. The largest absolute Gasteiger partial charge is 0.496 e. The molecule has 1 aromatic rings. The van der Waals surface area contributed by atoms with Gasteiger partial charge in [0.25, 0.3) is 0 Å². The van der Waals surface area contributed by atoms with E-state index in [0.717, 1.165) is 5.69 Å². The zero-order valence-corrected chi connectivity index (χ0v) is 11.7. The van der Waals surface area contributed by atoms with E-state index in [0.29, 0.717) is 17.9 Å². The molecule has 0 fully saturated rings. The van der Waals surface area contributed by atoms with Gasteiger partial charge in [-0.1, -0.05) is 6.07 Å². The molecule has 0 aromatic heterocycles. The third kappa shape index (κ3) is 3.01. The molecular weight excluding hydrogens is 230 g/mol. The summed E-state index contributed by atoms with van der Waals surface area (Å²) in [6.45, 7) is 4.20. The molecule has 0 aliphatic rings. The molecule has 0 bridgehead atoms. The highest BCUT2D eigenvalue weighted by molar-refractivity contribution is 6.02. The lowest BCUT2D eigenvalue weighted by molar-refractivity contribution is 0.101. The number of Topliss-reactive ketones (excluding diaryl/α,β-unsaturated/α-hetero) is 1. The van der Waals surface area contributed by atoms with E-state index in [1.807, 2.05) is 31.0 Å². The Bertz CT molecular complexity index is 418. The van der Waals surface area contributed by atoms with Crippen molar-refractivity contribution in [2.45, 2.75) is 19.9 Å². The minimum absolute atomic E-state index is 0.00100. The quantitative estimate of drug-likeness (QED) is 0.728. The third-order valence-corrected chi connectivity index (χ3v) is 3.03. The summed E-state index contributed by atoms with van der Waals surface area (Å²) in [7, 11) is 5.19. The lowest BCUT2D eigenvalue weighted by Crippen LogP contribution is -2.33. The molecule has 0 aliphatic carbocycles. The average molecular weight is 251 g/mol. The highest BCUT2D eigenvalue weighted by atomic mass is 16.5. The SMILES string of the molecule is COCC(C)N(C)c1cccc(OC)c1C(C)=O. The second kappa shape index (κ2) is 6.40. The Hall–Kier alpha value is -1.55. The van der Waals surface area contributed by atoms with Crippen LogP contribution in [-0.2, 0) is 4.74 Å². The Morgan fingerprint density at radius 2 is 2.06 bits per heavy atom. The second-order valence-corrected chi connectivity index (χ2v) is 4.33. The van der Waals surface area contributed by atoms with E-state index >= 15 is 0 Å². The molecule has 100 valence electrons. The summed E-state index contributed by atoms with van der Waals surface area (Å²) in [5.41, 5.74) is 1.48. The van der Waals surface area contributed by atoms with E-state index in [1.165, 1.54) is 0 Å². The minimum Gasteiger partial charge on any atom is -0.496 e. The molecule has 1 unspecified atom stereocenters. The van der Waals surface area contributed by atoms with Crippen molar-refractivity contribution < 1.29 is 14.3 Å². The van der Waals surface area contributed by atoms with Gasteiger partial charge in [-0.25, -0.2) is 0 Å². The van der Waals surface area contributed by atoms with Crippen molar-refractivity contribution >= 4 is 11.5 Å². The van der Waals surface area contributed by atoms with E-state index in [-0.39, 0.29) is 11.8 Å². The van der Waals surface area contributed by atoms with Gasteiger partial charge in [-0.05, 0) is 26.0 Å². The number of ether oxygens (including phenoxy) is 2. The van der Waals surface area contributed by atoms with Crippen molar-refractivity contribution in [3.63, 3.8) is 0 Å². The molecule has 0 N–H and O–H groups in total. The monoisotopic (exact) mass is 251 g/mol. The summed E-state index contributed by atoms with van der Waals surface area (Å²) in [6.07, 6.45) is 0. The summed E-state index contributed by atoms with van der Waals surface area (Å²) in [4.78, 5) is 13.8. The predicted octanol–water partition coefficient (Wildman–Crippen LogP) is 2.37. The number of rotatable bonds is 6. The number of benzene rings is 1. The molecule has 0 saturated carbocycles. The smallest absolute Gasteiger partial charge is 0.165 e. The molecule has 4 heteroatoms. The van der Waals surface area contributed by atoms with Crippen LogP contribution in [0.1, 0.15) is 24.2 Å². The molecule has 0 spiro atoms. The van der Waals surface area contributed by atoms with E-state index in [9.17, 15) is 4.79 Å². The van der Waals surface area contributed by atoms with Crippen molar-refractivity contribution in [3.05, 3.63) is 23.8 Å². The first-order valence-corrected chi connectivity index (χ1v) is 5.92. The molecule has 1 rings (SSSR count). The number of ketones is 1. The van der Waals surface area contributed by atoms with Gasteiger partial charge in [-0.3, -0.25) is 4.79 Å². The first-order valence-electron chi connectivity index (χ1n) is 5.92. The Balaban J connectivity index is 3.19. The van der Waals surface area contributed by atoms with Crippen molar-refractivity contribution in [1.29, 1.82) is 0 Å². The summed E-state index contributed by atoms with van der Waals surface area (Å²) in [6, 6.07) is 5.79. The summed E-state index contributed by atoms with van der Waals surface area (Å²) in [5.74, 6) is 0.607. The number of likely N-dealkylation sites (N-methyl/N-ethyl adjacent to an activating group) is 1. The van der Waals surface area contributed by atoms with Crippen molar-refractivity contribution in [2.75, 3.05) is 32.8 Å². The summed E-state index contributed by atoms with van der Waals surface area (Å²) >= 11 is 0. The molecular formula is C14H21NO3. The van der Waals surface area contributed by atoms with Gasteiger partial charge in [0.15, 0.2) is 5.78 Å². The highest BCUT2D eigenvalue weighted by Crippen LogP contribution is 2.30. The van der Waals surface area contributed by atoms with E-state index < -0.39 is 0 Å². The van der Waals surface area contributed by atoms with Crippen LogP contribution < -0.4 is 9.64 Å². The Kier molecular flexibility index (Phi) is 5.16. The zero-order valence-electron chi connectivity index (χ0n) is 11.7. The standard InChI is InChI=1S/C14H21NO3/c1-10(9-17-4)15(3)12-7-6-8-13(18-5)14(12)11(2)16/h6-8,10H,9H2,1-5H3. The molecule has 0 aliphatic heterocycles. The number of carbonyl (C=O) groups is 1. The van der Waals surface area contributed by atoms with Gasteiger partial charge in [0.2, 0.25) is 0 Å². The normalized spacial score (nSPS) is 12.1. The highest BCUT2D eigenvalue weighted by Gasteiger charge is 2.19. The van der Waals surface area contributed by atoms with Crippen LogP contribution >= 0.6 is 0 Å². The number of nitrogens with zero attached hydrogens (tertiary/aromatic N) is 1. The molecule has 4 nitrogen and oxygen atoms in total. The lowest BCUT2D eigenvalue weighted by atomic mass is 10.1. The predicted molar refractivity (Wildman–Crippen MR) is 72.7 cm³/mol. The van der Waals surface area contributed by atoms with Crippen molar-refractivity contribution in [3.8, 4) is 5.75 Å². The minimum atomic E-state index is -0.00100. The topological polar surface area (TPSA) is 38.8 Å². The lowest BCUT2D eigenvalue weighted by Gasteiger charge is -2.28. The molecule has 0 heterocycles. The van der Waals surface area contributed by atoms with Gasteiger partial charge < -0.3 is 14.4 Å². The molecule has 0 radical (unpaired) electrons. The van der Waals surface area contributed by atoms with Gasteiger partial charge in [0.1, 0.15) is 5.75 Å². The van der Waals surface area contributed by atoms with E-state index in [1.54, 1.807) is 27.2 Å². The maximum absolute atomic E-state index is 11.8. The van der Waals surface area contributed by atoms with Gasteiger partial charge in [0, 0.05) is 20.2 Å². The summed E-state index contributed by atoms with van der Waals surface area (Å²) < 4.78 is 10.4. The summed E-state index contributed by atoms with van der Waals surface area (Å²) in [5, 5.41) is 0. The molecule has 0 saturated heterocycles. The Morgan fingerprint density at radius 1 is 1.39 bits per heavy atom. The number of hydrogen-bond donors (Lipinski definition) is 0. The zero-order chi connectivity index (χ0) is 13.7. The first-order chi connectivity index (χ1) is 8.52. The number of methoxy groups -OCH3 is 2. The van der Waals surface area contributed by atoms with Crippen LogP contribution in [0.3, 0.4) is 0 Å². The van der Waals surface area contributed by atoms with Gasteiger partial charge in [0.05, 0.1) is 25.0 Å². The average Bonchev–Trinajstić information content (AvgIpc) is 2.36. The van der Waals surface area contributed by atoms with Crippen LogP contribution in [0.5, 0.6) is 5.75 Å². The maximum Gasteiger partial charge on any atom is 0.165 e. The van der Waals surface area contributed by atoms with Gasteiger partial charge in [-0.15, -0.1) is 0 Å². The first kappa shape index (κ1) is 14.5. The fraction of sp³-hybridized carbons (Fsp3) is 0.500. The number of carbonyl (C=O) groups excluding carboxylic acids is 1. The van der Waals surface area contributed by atoms with Crippen molar-refractivity contribution in [2.24, 2.45) is 0 Å². The molecule has 18 heavy (non-hydrogen) atoms. The van der Waals surface area contributed by atoms with Gasteiger partial charge >= 0.3 is 0 Å². The maximum atomic E-state index is 11.8.